The topological polar surface area (TPSA) is 55.3 Å². The van der Waals surface area contributed by atoms with Crippen molar-refractivity contribution in [3.05, 3.63) is 30.3 Å². The van der Waals surface area contributed by atoms with Gasteiger partial charge in [0.1, 0.15) is 5.75 Å². The average molecular weight is 378 g/mol. The van der Waals surface area contributed by atoms with Crippen molar-refractivity contribution in [2.75, 3.05) is 53.1 Å². The van der Waals surface area contributed by atoms with Gasteiger partial charge in [0.2, 0.25) is 0 Å². The maximum atomic E-state index is 5.94. The van der Waals surface area contributed by atoms with Crippen molar-refractivity contribution in [2.45, 2.75) is 38.7 Å². The SMILES string of the molecule is CCNC(=NCCCOc1ccccc1)N1CCC(OCCCOC)CC1. The maximum absolute atomic E-state index is 5.94. The fourth-order valence-corrected chi connectivity index (χ4v) is 3.07. The van der Waals surface area contributed by atoms with E-state index in [0.29, 0.717) is 12.7 Å². The molecule has 1 aromatic carbocycles. The highest BCUT2D eigenvalue weighted by molar-refractivity contribution is 5.80. The summed E-state index contributed by atoms with van der Waals surface area (Å²) in [6, 6.07) is 9.93. The van der Waals surface area contributed by atoms with Gasteiger partial charge in [-0.25, -0.2) is 0 Å². The van der Waals surface area contributed by atoms with E-state index in [2.05, 4.69) is 17.1 Å². The minimum atomic E-state index is 0.361. The molecule has 6 heteroatoms. The summed E-state index contributed by atoms with van der Waals surface area (Å²) in [6.07, 6.45) is 4.33. The van der Waals surface area contributed by atoms with Crippen molar-refractivity contribution < 1.29 is 14.2 Å². The Morgan fingerprint density at radius 3 is 2.59 bits per heavy atom. The van der Waals surface area contributed by atoms with Crippen molar-refractivity contribution in [3.63, 3.8) is 0 Å². The molecule has 6 nitrogen and oxygen atoms in total. The molecule has 1 heterocycles. The Labute approximate surface area is 163 Å². The fourth-order valence-electron chi connectivity index (χ4n) is 3.07. The van der Waals surface area contributed by atoms with Crippen LogP contribution >= 0.6 is 0 Å². The predicted molar refractivity (Wildman–Crippen MR) is 110 cm³/mol. The summed E-state index contributed by atoms with van der Waals surface area (Å²) in [4.78, 5) is 7.12. The molecule has 0 aromatic heterocycles. The average Bonchev–Trinajstić information content (AvgIpc) is 2.71. The van der Waals surface area contributed by atoms with E-state index < -0.39 is 0 Å². The number of ether oxygens (including phenoxy) is 3. The molecule has 1 fully saturated rings. The normalized spacial score (nSPS) is 15.8. The van der Waals surface area contributed by atoms with Gasteiger partial charge in [-0.15, -0.1) is 0 Å². The minimum absolute atomic E-state index is 0.361. The zero-order valence-corrected chi connectivity index (χ0v) is 16.9. The summed E-state index contributed by atoms with van der Waals surface area (Å²) >= 11 is 0. The number of likely N-dealkylation sites (tertiary alicyclic amines) is 1. The van der Waals surface area contributed by atoms with Gasteiger partial charge in [0.05, 0.1) is 12.7 Å². The van der Waals surface area contributed by atoms with Gasteiger partial charge in [-0.05, 0) is 38.3 Å². The Morgan fingerprint density at radius 1 is 1.11 bits per heavy atom. The van der Waals surface area contributed by atoms with E-state index in [1.54, 1.807) is 7.11 Å². The van der Waals surface area contributed by atoms with Crippen LogP contribution in [0.15, 0.2) is 35.3 Å². The van der Waals surface area contributed by atoms with Crippen LogP contribution in [0.5, 0.6) is 5.75 Å². The van der Waals surface area contributed by atoms with Crippen LogP contribution in [0.4, 0.5) is 0 Å². The highest BCUT2D eigenvalue weighted by Gasteiger charge is 2.21. The number of benzene rings is 1. The lowest BCUT2D eigenvalue weighted by molar-refractivity contribution is 0.00990. The van der Waals surface area contributed by atoms with Crippen LogP contribution in [0.3, 0.4) is 0 Å². The van der Waals surface area contributed by atoms with Gasteiger partial charge in [0, 0.05) is 52.9 Å². The third-order valence-corrected chi connectivity index (χ3v) is 4.50. The molecular formula is C21H35N3O3. The Balaban J connectivity index is 1.67. The number of nitrogens with zero attached hydrogens (tertiary/aromatic N) is 2. The van der Waals surface area contributed by atoms with E-state index in [1.807, 2.05) is 30.3 Å². The number of piperidine rings is 1. The highest BCUT2D eigenvalue weighted by atomic mass is 16.5. The summed E-state index contributed by atoms with van der Waals surface area (Å²) in [7, 11) is 1.73. The first-order chi connectivity index (χ1) is 13.3. The molecule has 1 N–H and O–H groups in total. The predicted octanol–water partition coefficient (Wildman–Crippen LogP) is 2.94. The molecule has 0 amide bonds. The standard InChI is InChI=1S/C21H35N3O3/c1-3-22-21(23-13-7-17-26-19-9-5-4-6-10-19)24-14-11-20(12-15-24)27-18-8-16-25-2/h4-6,9-10,20H,3,7-8,11-18H2,1-2H3,(H,22,23). The number of aliphatic imine (C=N–C) groups is 1. The van der Waals surface area contributed by atoms with E-state index in [0.717, 1.165) is 76.8 Å². The number of methoxy groups -OCH3 is 1. The molecule has 2 rings (SSSR count). The van der Waals surface area contributed by atoms with Gasteiger partial charge in [-0.2, -0.15) is 0 Å². The van der Waals surface area contributed by atoms with Crippen LogP contribution in [0.1, 0.15) is 32.6 Å². The molecule has 0 unspecified atom stereocenters. The smallest absolute Gasteiger partial charge is 0.193 e. The number of para-hydroxylation sites is 1. The Morgan fingerprint density at radius 2 is 1.89 bits per heavy atom. The highest BCUT2D eigenvalue weighted by Crippen LogP contribution is 2.14. The second-order valence-corrected chi connectivity index (χ2v) is 6.65. The van der Waals surface area contributed by atoms with Gasteiger partial charge in [-0.3, -0.25) is 4.99 Å². The summed E-state index contributed by atoms with van der Waals surface area (Å²) in [5, 5.41) is 3.41. The largest absolute Gasteiger partial charge is 0.494 e. The van der Waals surface area contributed by atoms with Gasteiger partial charge in [0.15, 0.2) is 5.96 Å². The molecule has 0 aliphatic carbocycles. The van der Waals surface area contributed by atoms with Crippen molar-refractivity contribution in [1.82, 2.24) is 10.2 Å². The van der Waals surface area contributed by atoms with E-state index in [4.69, 9.17) is 19.2 Å². The molecule has 0 atom stereocenters. The first-order valence-electron chi connectivity index (χ1n) is 10.1. The quantitative estimate of drug-likeness (QED) is 0.365. The van der Waals surface area contributed by atoms with E-state index in [-0.39, 0.29) is 0 Å². The van der Waals surface area contributed by atoms with Crippen molar-refractivity contribution in [1.29, 1.82) is 0 Å². The Kier molecular flexibility index (Phi) is 10.7. The van der Waals surface area contributed by atoms with Crippen LogP contribution in [-0.2, 0) is 9.47 Å². The van der Waals surface area contributed by atoms with E-state index in [9.17, 15) is 0 Å². The maximum Gasteiger partial charge on any atom is 0.193 e. The van der Waals surface area contributed by atoms with Crippen molar-refractivity contribution >= 4 is 5.96 Å². The van der Waals surface area contributed by atoms with Gasteiger partial charge in [-0.1, -0.05) is 18.2 Å². The summed E-state index contributed by atoms with van der Waals surface area (Å²) in [5.74, 6) is 1.93. The first-order valence-corrected chi connectivity index (χ1v) is 10.1. The van der Waals surface area contributed by atoms with Crippen LogP contribution in [0.2, 0.25) is 0 Å². The third kappa shape index (κ3) is 8.63. The molecule has 1 saturated heterocycles. The number of hydrogen-bond donors (Lipinski definition) is 1. The second-order valence-electron chi connectivity index (χ2n) is 6.65. The number of nitrogens with one attached hydrogen (secondary N) is 1. The Hall–Kier alpha value is -1.79. The second kappa shape index (κ2) is 13.4. The van der Waals surface area contributed by atoms with Crippen molar-refractivity contribution in [2.24, 2.45) is 4.99 Å². The number of rotatable bonds is 11. The Bertz CT molecular complexity index is 517. The summed E-state index contributed by atoms with van der Waals surface area (Å²) in [6.45, 7) is 7.97. The number of hydrogen-bond acceptors (Lipinski definition) is 4. The molecule has 1 aromatic rings. The molecule has 0 radical (unpaired) electrons. The molecule has 27 heavy (non-hydrogen) atoms. The lowest BCUT2D eigenvalue weighted by Gasteiger charge is -2.34. The zero-order valence-electron chi connectivity index (χ0n) is 16.9. The molecular weight excluding hydrogens is 342 g/mol. The van der Waals surface area contributed by atoms with Crippen LogP contribution in [0, 0.1) is 0 Å². The van der Waals surface area contributed by atoms with Gasteiger partial charge < -0.3 is 24.4 Å². The van der Waals surface area contributed by atoms with Gasteiger partial charge in [0.25, 0.3) is 0 Å². The molecule has 1 aliphatic rings. The lowest BCUT2D eigenvalue weighted by atomic mass is 10.1. The minimum Gasteiger partial charge on any atom is -0.494 e. The monoisotopic (exact) mass is 377 g/mol. The molecule has 0 saturated carbocycles. The third-order valence-electron chi connectivity index (χ3n) is 4.50. The molecule has 1 aliphatic heterocycles. The van der Waals surface area contributed by atoms with Crippen LogP contribution in [0.25, 0.3) is 0 Å². The molecule has 152 valence electrons. The fraction of sp³-hybridized carbons (Fsp3) is 0.667. The summed E-state index contributed by atoms with van der Waals surface area (Å²) < 4.78 is 16.7. The van der Waals surface area contributed by atoms with Crippen LogP contribution < -0.4 is 10.1 Å². The lowest BCUT2D eigenvalue weighted by Crippen LogP contribution is -2.47. The number of guanidine groups is 1. The van der Waals surface area contributed by atoms with Crippen LogP contribution in [-0.4, -0.2) is 70.1 Å². The van der Waals surface area contributed by atoms with E-state index in [1.165, 1.54) is 0 Å². The molecule has 0 bridgehead atoms. The first kappa shape index (κ1) is 21.5. The van der Waals surface area contributed by atoms with Crippen molar-refractivity contribution in [3.8, 4) is 5.75 Å². The summed E-state index contributed by atoms with van der Waals surface area (Å²) in [5.41, 5.74) is 0. The van der Waals surface area contributed by atoms with Gasteiger partial charge >= 0.3 is 0 Å². The molecule has 0 spiro atoms. The zero-order chi connectivity index (χ0) is 19.2. The van der Waals surface area contributed by atoms with E-state index >= 15 is 0 Å².